The van der Waals surface area contributed by atoms with Gasteiger partial charge < -0.3 is 10.1 Å². The number of carbonyl (C=O) groups excluding carboxylic acids is 3. The van der Waals surface area contributed by atoms with Gasteiger partial charge in [-0.25, -0.2) is 22.7 Å². The van der Waals surface area contributed by atoms with Crippen molar-refractivity contribution in [2.75, 3.05) is 6.54 Å². The molecular weight excluding hydrogens is 458 g/mol. The summed E-state index contributed by atoms with van der Waals surface area (Å²) < 4.78 is 32.8. The van der Waals surface area contributed by atoms with Crippen LogP contribution in [-0.2, 0) is 31.5 Å². The summed E-state index contributed by atoms with van der Waals surface area (Å²) in [5, 5.41) is 4.47. The Kier molecular flexibility index (Phi) is 8.94. The van der Waals surface area contributed by atoms with E-state index in [1.54, 1.807) is 43.3 Å². The van der Waals surface area contributed by atoms with Crippen LogP contribution in [0.15, 0.2) is 53.4 Å². The quantitative estimate of drug-likeness (QED) is 0.489. The Balaban J connectivity index is 1.94. The number of sulfonamides is 1. The van der Waals surface area contributed by atoms with Crippen LogP contribution in [0, 0.1) is 0 Å². The summed E-state index contributed by atoms with van der Waals surface area (Å²) in [6.07, 6.45) is -1.17. The average molecular weight is 490 g/mol. The summed E-state index contributed by atoms with van der Waals surface area (Å²) in [6, 6.07) is 12.2. The molecule has 2 aromatic carbocycles. The number of benzene rings is 2. The van der Waals surface area contributed by atoms with E-state index < -0.39 is 34.0 Å². The molecule has 3 N–H and O–H groups in total. The zero-order chi connectivity index (χ0) is 25.5. The summed E-state index contributed by atoms with van der Waals surface area (Å²) in [5.41, 5.74) is 1.77. The van der Waals surface area contributed by atoms with Gasteiger partial charge >= 0.3 is 12.0 Å². The van der Waals surface area contributed by atoms with Crippen molar-refractivity contribution in [3.05, 3.63) is 65.2 Å². The van der Waals surface area contributed by atoms with E-state index >= 15 is 0 Å². The number of esters is 1. The molecule has 0 aliphatic carbocycles. The largest absolute Gasteiger partial charge is 0.449 e. The highest BCUT2D eigenvalue weighted by Gasteiger charge is 2.21. The van der Waals surface area contributed by atoms with Gasteiger partial charge in [-0.05, 0) is 54.7 Å². The number of urea groups is 1. The van der Waals surface area contributed by atoms with Crippen molar-refractivity contribution < 1.29 is 27.5 Å². The zero-order valence-electron chi connectivity index (χ0n) is 20.0. The van der Waals surface area contributed by atoms with Gasteiger partial charge in [0.1, 0.15) is 0 Å². The lowest BCUT2D eigenvalue weighted by Gasteiger charge is -2.19. The molecule has 0 spiro atoms. The molecule has 184 valence electrons. The van der Waals surface area contributed by atoms with Crippen LogP contribution in [0.25, 0.3) is 0 Å². The highest BCUT2D eigenvalue weighted by molar-refractivity contribution is 7.89. The van der Waals surface area contributed by atoms with E-state index in [0.717, 1.165) is 5.56 Å². The molecule has 0 saturated heterocycles. The van der Waals surface area contributed by atoms with Crippen LogP contribution < -0.4 is 15.4 Å². The van der Waals surface area contributed by atoms with Gasteiger partial charge in [-0.15, -0.1) is 0 Å². The van der Waals surface area contributed by atoms with E-state index in [1.807, 2.05) is 0 Å². The van der Waals surface area contributed by atoms with Gasteiger partial charge in [-0.2, -0.15) is 0 Å². The van der Waals surface area contributed by atoms with Gasteiger partial charge in [0, 0.05) is 13.1 Å². The van der Waals surface area contributed by atoms with Crippen molar-refractivity contribution >= 4 is 27.9 Å². The topological polar surface area (TPSA) is 131 Å². The lowest BCUT2D eigenvalue weighted by atomic mass is 9.87. The number of imide groups is 1. The number of hydrogen-bond acceptors (Lipinski definition) is 6. The number of nitrogens with one attached hydrogen (secondary N) is 3. The second-order valence-electron chi connectivity index (χ2n) is 8.69. The molecule has 0 aromatic heterocycles. The molecule has 0 saturated carbocycles. The fraction of sp³-hybridized carbons (Fsp3) is 0.375. The van der Waals surface area contributed by atoms with Gasteiger partial charge in [0.15, 0.2) is 6.10 Å². The second kappa shape index (κ2) is 11.3. The minimum atomic E-state index is -3.71. The van der Waals surface area contributed by atoms with Crippen molar-refractivity contribution in [2.45, 2.75) is 57.6 Å². The monoisotopic (exact) mass is 489 g/mol. The Bertz CT molecular complexity index is 1120. The van der Waals surface area contributed by atoms with Crippen LogP contribution in [0.3, 0.4) is 0 Å². The van der Waals surface area contributed by atoms with E-state index in [2.05, 4.69) is 36.1 Å². The molecule has 0 bridgehead atoms. The molecule has 2 rings (SSSR count). The SMILES string of the molecule is CCNC(=O)NC(=O)C(C)OC(=O)c1ccc(CNS(=O)(=O)c2ccc(C(C)(C)C)cc2)cc1. The van der Waals surface area contributed by atoms with Crippen LogP contribution in [0.1, 0.15) is 56.1 Å². The van der Waals surface area contributed by atoms with Crippen molar-refractivity contribution in [1.29, 1.82) is 0 Å². The molecule has 2 aromatic rings. The van der Waals surface area contributed by atoms with Gasteiger partial charge in [0.2, 0.25) is 10.0 Å². The lowest BCUT2D eigenvalue weighted by Crippen LogP contribution is -2.44. The highest BCUT2D eigenvalue weighted by atomic mass is 32.2. The maximum absolute atomic E-state index is 12.6. The third kappa shape index (κ3) is 7.67. The highest BCUT2D eigenvalue weighted by Crippen LogP contribution is 2.23. The summed E-state index contributed by atoms with van der Waals surface area (Å²) >= 11 is 0. The van der Waals surface area contributed by atoms with Crippen LogP contribution in [0.5, 0.6) is 0 Å². The second-order valence-corrected chi connectivity index (χ2v) is 10.5. The fourth-order valence-electron chi connectivity index (χ4n) is 2.85. The first-order chi connectivity index (χ1) is 15.8. The van der Waals surface area contributed by atoms with Gasteiger partial charge in [-0.1, -0.05) is 45.0 Å². The van der Waals surface area contributed by atoms with Gasteiger partial charge in [0.25, 0.3) is 5.91 Å². The zero-order valence-corrected chi connectivity index (χ0v) is 20.8. The molecule has 0 aliphatic heterocycles. The van der Waals surface area contributed by atoms with Crippen LogP contribution in [0.2, 0.25) is 0 Å². The molecular formula is C24H31N3O6S. The van der Waals surface area contributed by atoms with E-state index in [-0.39, 0.29) is 22.4 Å². The van der Waals surface area contributed by atoms with E-state index in [0.29, 0.717) is 12.1 Å². The predicted octanol–water partition coefficient (Wildman–Crippen LogP) is 2.85. The standard InChI is InChI=1S/C24H31N3O6S/c1-6-25-23(30)27-21(28)16(2)33-22(29)18-9-7-17(8-10-18)15-26-34(31,32)20-13-11-19(12-14-20)24(3,4)5/h7-14,16,26H,6,15H2,1-5H3,(H2,25,27,28,30). The van der Waals surface area contributed by atoms with Gasteiger partial charge in [-0.3, -0.25) is 10.1 Å². The van der Waals surface area contributed by atoms with Crippen LogP contribution >= 0.6 is 0 Å². The normalized spacial score (nSPS) is 12.5. The minimum Gasteiger partial charge on any atom is -0.449 e. The molecule has 34 heavy (non-hydrogen) atoms. The molecule has 0 aliphatic rings. The lowest BCUT2D eigenvalue weighted by molar-refractivity contribution is -0.127. The van der Waals surface area contributed by atoms with E-state index in [9.17, 15) is 22.8 Å². The number of ether oxygens (including phenoxy) is 1. The first-order valence-corrected chi connectivity index (χ1v) is 12.3. The Morgan fingerprint density at radius 1 is 0.971 bits per heavy atom. The molecule has 10 heteroatoms. The van der Waals surface area contributed by atoms with Crippen molar-refractivity contribution in [1.82, 2.24) is 15.4 Å². The first kappa shape index (κ1) is 27.0. The smallest absolute Gasteiger partial charge is 0.338 e. The summed E-state index contributed by atoms with van der Waals surface area (Å²) in [4.78, 5) is 35.7. The third-order valence-electron chi connectivity index (χ3n) is 4.91. The van der Waals surface area contributed by atoms with E-state index in [4.69, 9.17) is 4.74 Å². The van der Waals surface area contributed by atoms with Crippen LogP contribution in [-0.4, -0.2) is 39.0 Å². The summed E-state index contributed by atoms with van der Waals surface area (Å²) in [6.45, 7) is 9.58. The first-order valence-electron chi connectivity index (χ1n) is 10.8. The Morgan fingerprint density at radius 2 is 1.56 bits per heavy atom. The Hall–Kier alpha value is -3.24. The van der Waals surface area contributed by atoms with Crippen molar-refractivity contribution in [3.63, 3.8) is 0 Å². The molecule has 1 unspecified atom stereocenters. The average Bonchev–Trinajstić information content (AvgIpc) is 2.77. The van der Waals surface area contributed by atoms with E-state index in [1.165, 1.54) is 19.1 Å². The van der Waals surface area contributed by atoms with Crippen molar-refractivity contribution in [2.24, 2.45) is 0 Å². The maximum Gasteiger partial charge on any atom is 0.338 e. The predicted molar refractivity (Wildman–Crippen MR) is 128 cm³/mol. The molecule has 0 heterocycles. The fourth-order valence-corrected chi connectivity index (χ4v) is 3.87. The van der Waals surface area contributed by atoms with Crippen molar-refractivity contribution in [3.8, 4) is 0 Å². The van der Waals surface area contributed by atoms with Crippen LogP contribution in [0.4, 0.5) is 4.79 Å². The number of rotatable bonds is 8. The van der Waals surface area contributed by atoms with Gasteiger partial charge in [0.05, 0.1) is 10.5 Å². The number of carbonyl (C=O) groups is 3. The Labute approximate surface area is 200 Å². The molecule has 0 radical (unpaired) electrons. The summed E-state index contributed by atoms with van der Waals surface area (Å²) in [5.74, 6) is -1.49. The third-order valence-corrected chi connectivity index (χ3v) is 6.33. The molecule has 3 amide bonds. The number of hydrogen-bond donors (Lipinski definition) is 3. The molecule has 1 atom stereocenters. The molecule has 9 nitrogen and oxygen atoms in total. The maximum atomic E-state index is 12.6. The Morgan fingerprint density at radius 3 is 2.09 bits per heavy atom. The number of amides is 3. The minimum absolute atomic E-state index is 0.0318. The molecule has 0 fully saturated rings. The summed E-state index contributed by atoms with van der Waals surface area (Å²) in [7, 11) is -3.71.